The van der Waals surface area contributed by atoms with E-state index in [4.69, 9.17) is 0 Å². The van der Waals surface area contributed by atoms with Crippen LogP contribution >= 0.6 is 0 Å². The second kappa shape index (κ2) is 10.4. The first kappa shape index (κ1) is 23.5. The molecule has 1 atom stereocenters. The Morgan fingerprint density at radius 1 is 0.969 bits per heavy atom. The Bertz CT molecular complexity index is 1170. The van der Waals surface area contributed by atoms with Crippen LogP contribution in [0.15, 0.2) is 78.9 Å². The first-order chi connectivity index (χ1) is 15.3. The summed E-state index contributed by atoms with van der Waals surface area (Å²) in [5.41, 5.74) is 2.99. The summed E-state index contributed by atoms with van der Waals surface area (Å²) in [7, 11) is -3.69. The van der Waals surface area contributed by atoms with E-state index < -0.39 is 15.8 Å². The van der Waals surface area contributed by atoms with Gasteiger partial charge in [-0.2, -0.15) is 0 Å². The Morgan fingerprint density at radius 2 is 1.62 bits per heavy atom. The third-order valence-electron chi connectivity index (χ3n) is 5.10. The first-order valence-electron chi connectivity index (χ1n) is 10.4. The minimum atomic E-state index is -3.69. The lowest BCUT2D eigenvalue weighted by molar-refractivity contribution is -0.121. The van der Waals surface area contributed by atoms with Crippen molar-refractivity contribution in [2.75, 3.05) is 17.1 Å². The highest BCUT2D eigenvalue weighted by atomic mass is 32.2. The summed E-state index contributed by atoms with van der Waals surface area (Å²) < 4.78 is 39.6. The fraction of sp³-hybridized carbons (Fsp3) is 0.240. The van der Waals surface area contributed by atoms with Crippen molar-refractivity contribution in [3.63, 3.8) is 0 Å². The lowest BCUT2D eigenvalue weighted by atomic mass is 9.97. The van der Waals surface area contributed by atoms with Crippen LogP contribution in [0.1, 0.15) is 35.6 Å². The second-order valence-electron chi connectivity index (χ2n) is 7.72. The normalized spacial score (nSPS) is 12.2. The van der Waals surface area contributed by atoms with Crippen LogP contribution in [0.25, 0.3) is 0 Å². The van der Waals surface area contributed by atoms with E-state index in [2.05, 4.69) is 5.32 Å². The van der Waals surface area contributed by atoms with Gasteiger partial charge in [0.1, 0.15) is 5.82 Å². The van der Waals surface area contributed by atoms with Gasteiger partial charge in [-0.15, -0.1) is 0 Å². The number of aryl methyl sites for hydroxylation is 1. The number of hydrogen-bond acceptors (Lipinski definition) is 3. The average molecular weight is 455 g/mol. The molecule has 0 aliphatic carbocycles. The maximum Gasteiger partial charge on any atom is 0.232 e. The molecule has 0 saturated heterocycles. The first-order valence-corrected chi connectivity index (χ1v) is 12.2. The van der Waals surface area contributed by atoms with Gasteiger partial charge < -0.3 is 5.32 Å². The number of amides is 1. The van der Waals surface area contributed by atoms with E-state index in [0.717, 1.165) is 27.3 Å². The highest BCUT2D eigenvalue weighted by Crippen LogP contribution is 2.24. The number of carbonyl (C=O) groups excluding carboxylic acids is 1. The topological polar surface area (TPSA) is 66.5 Å². The predicted molar refractivity (Wildman–Crippen MR) is 125 cm³/mol. The number of nitrogens with one attached hydrogen (secondary N) is 1. The van der Waals surface area contributed by atoms with Gasteiger partial charge in [0.05, 0.1) is 18.0 Å². The Morgan fingerprint density at radius 3 is 2.28 bits per heavy atom. The number of halogens is 1. The molecule has 0 heterocycles. The van der Waals surface area contributed by atoms with E-state index in [-0.39, 0.29) is 37.0 Å². The van der Waals surface area contributed by atoms with Crippen LogP contribution in [-0.4, -0.2) is 27.1 Å². The molecule has 3 aromatic carbocycles. The number of rotatable bonds is 9. The predicted octanol–water partition coefficient (Wildman–Crippen LogP) is 4.59. The molecule has 7 heteroatoms. The van der Waals surface area contributed by atoms with Crippen LogP contribution in [0.2, 0.25) is 0 Å². The summed E-state index contributed by atoms with van der Waals surface area (Å²) in [6.07, 6.45) is 1.39. The van der Waals surface area contributed by atoms with Gasteiger partial charge in [0.25, 0.3) is 0 Å². The number of anilines is 1. The number of nitrogens with zero attached hydrogens (tertiary/aromatic N) is 1. The SMILES string of the molecule is Cc1cccc([C@@H](NC(=O)CCCN(c2ccccc2F)S(C)(=O)=O)c2ccccc2)c1. The maximum absolute atomic E-state index is 14.2. The van der Waals surface area contributed by atoms with Crippen LogP contribution in [0.3, 0.4) is 0 Å². The van der Waals surface area contributed by atoms with Crippen LogP contribution < -0.4 is 9.62 Å². The van der Waals surface area contributed by atoms with Gasteiger partial charge in [0, 0.05) is 13.0 Å². The number of para-hydroxylation sites is 1. The number of sulfonamides is 1. The smallest absolute Gasteiger partial charge is 0.232 e. The molecule has 5 nitrogen and oxygen atoms in total. The molecule has 168 valence electrons. The molecule has 0 radical (unpaired) electrons. The molecule has 0 unspecified atom stereocenters. The van der Waals surface area contributed by atoms with E-state index in [1.807, 2.05) is 61.5 Å². The minimum absolute atomic E-state index is 0.00757. The molecule has 0 aliphatic heterocycles. The zero-order valence-corrected chi connectivity index (χ0v) is 19.0. The molecule has 32 heavy (non-hydrogen) atoms. The molecule has 0 aliphatic rings. The van der Waals surface area contributed by atoms with E-state index in [0.29, 0.717) is 0 Å². The quantitative estimate of drug-likeness (QED) is 0.514. The lowest BCUT2D eigenvalue weighted by Crippen LogP contribution is -2.33. The molecule has 1 N–H and O–H groups in total. The molecule has 3 rings (SSSR count). The van der Waals surface area contributed by atoms with Crippen molar-refractivity contribution >= 4 is 21.6 Å². The van der Waals surface area contributed by atoms with Crippen molar-refractivity contribution in [3.05, 3.63) is 101 Å². The fourth-order valence-corrected chi connectivity index (χ4v) is 4.56. The van der Waals surface area contributed by atoms with Gasteiger partial charge in [-0.1, -0.05) is 72.3 Å². The summed E-state index contributed by atoms with van der Waals surface area (Å²) in [4.78, 5) is 12.8. The number of hydrogen-bond donors (Lipinski definition) is 1. The van der Waals surface area contributed by atoms with E-state index in [1.165, 1.54) is 18.2 Å². The highest BCUT2D eigenvalue weighted by Gasteiger charge is 2.21. The molecule has 0 spiro atoms. The van der Waals surface area contributed by atoms with Crippen LogP contribution in [0.4, 0.5) is 10.1 Å². The monoisotopic (exact) mass is 454 g/mol. The Kier molecular flexibility index (Phi) is 7.64. The van der Waals surface area contributed by atoms with Crippen LogP contribution in [-0.2, 0) is 14.8 Å². The fourth-order valence-electron chi connectivity index (χ4n) is 3.59. The van der Waals surface area contributed by atoms with E-state index in [1.54, 1.807) is 6.07 Å². The van der Waals surface area contributed by atoms with Crippen molar-refractivity contribution in [2.45, 2.75) is 25.8 Å². The third-order valence-corrected chi connectivity index (χ3v) is 6.28. The molecule has 1 amide bonds. The van der Waals surface area contributed by atoms with Gasteiger partial charge in [0.2, 0.25) is 15.9 Å². The molecule has 0 saturated carbocycles. The second-order valence-corrected chi connectivity index (χ2v) is 9.62. The summed E-state index contributed by atoms with van der Waals surface area (Å²) in [6.45, 7) is 2.00. The van der Waals surface area contributed by atoms with Crippen molar-refractivity contribution in [2.24, 2.45) is 0 Å². The Hall–Kier alpha value is -3.19. The summed E-state index contributed by atoms with van der Waals surface area (Å²) in [5.74, 6) is -0.826. The number of benzene rings is 3. The van der Waals surface area contributed by atoms with E-state index in [9.17, 15) is 17.6 Å². The van der Waals surface area contributed by atoms with Gasteiger partial charge in [0.15, 0.2) is 0 Å². The Balaban J connectivity index is 1.70. The molecule has 3 aromatic rings. The Labute approximate surface area is 188 Å². The van der Waals surface area contributed by atoms with Crippen LogP contribution in [0.5, 0.6) is 0 Å². The largest absolute Gasteiger partial charge is 0.345 e. The minimum Gasteiger partial charge on any atom is -0.345 e. The zero-order chi connectivity index (χ0) is 23.1. The molecular formula is C25H27FN2O3S. The summed E-state index contributed by atoms with van der Waals surface area (Å²) >= 11 is 0. The van der Waals surface area contributed by atoms with Gasteiger partial charge in [-0.25, -0.2) is 12.8 Å². The standard InChI is InChI=1S/C25H27FN2O3S/c1-19-10-8-13-21(18-19)25(20-11-4-3-5-12-20)27-24(29)16-9-17-28(32(2,30)31)23-15-7-6-14-22(23)26/h3-8,10-15,18,25H,9,16-17H2,1-2H3,(H,27,29)/t25-/m0/s1. The van der Waals surface area contributed by atoms with Gasteiger partial charge >= 0.3 is 0 Å². The van der Waals surface area contributed by atoms with Gasteiger partial charge in [-0.05, 0) is 36.6 Å². The van der Waals surface area contributed by atoms with Crippen molar-refractivity contribution in [3.8, 4) is 0 Å². The average Bonchev–Trinajstić information content (AvgIpc) is 2.75. The van der Waals surface area contributed by atoms with Crippen LogP contribution in [0, 0.1) is 12.7 Å². The van der Waals surface area contributed by atoms with Gasteiger partial charge in [-0.3, -0.25) is 9.10 Å². The zero-order valence-electron chi connectivity index (χ0n) is 18.2. The summed E-state index contributed by atoms with van der Waals surface area (Å²) in [5, 5.41) is 3.06. The molecule has 0 bridgehead atoms. The molecule has 0 fully saturated rings. The van der Waals surface area contributed by atoms with E-state index >= 15 is 0 Å². The van der Waals surface area contributed by atoms with Crippen molar-refractivity contribution < 1.29 is 17.6 Å². The molecule has 0 aromatic heterocycles. The maximum atomic E-state index is 14.2. The number of carbonyl (C=O) groups is 1. The van der Waals surface area contributed by atoms with Crippen molar-refractivity contribution in [1.82, 2.24) is 5.32 Å². The van der Waals surface area contributed by atoms with Crippen molar-refractivity contribution in [1.29, 1.82) is 0 Å². The lowest BCUT2D eigenvalue weighted by Gasteiger charge is -2.23. The highest BCUT2D eigenvalue weighted by molar-refractivity contribution is 7.92. The molecular weight excluding hydrogens is 427 g/mol. The summed E-state index contributed by atoms with van der Waals surface area (Å²) in [6, 6.07) is 23.0. The third kappa shape index (κ3) is 6.17.